The molecular formula is C13H15BrN2S. The fourth-order valence-corrected chi connectivity index (χ4v) is 3.39. The van der Waals surface area contributed by atoms with E-state index < -0.39 is 0 Å². The molecule has 0 saturated heterocycles. The van der Waals surface area contributed by atoms with Crippen LogP contribution < -0.4 is 5.32 Å². The van der Waals surface area contributed by atoms with Gasteiger partial charge in [0.1, 0.15) is 0 Å². The molecule has 0 radical (unpaired) electrons. The van der Waals surface area contributed by atoms with Crippen LogP contribution in [0.15, 0.2) is 34.2 Å². The lowest BCUT2D eigenvalue weighted by Gasteiger charge is -2.08. The second-order valence-corrected chi connectivity index (χ2v) is 7.04. The summed E-state index contributed by atoms with van der Waals surface area (Å²) in [6.07, 6.45) is 4.86. The molecule has 1 fully saturated rings. The van der Waals surface area contributed by atoms with E-state index in [0.717, 1.165) is 19.1 Å². The fraction of sp³-hybridized carbons (Fsp3) is 0.385. The van der Waals surface area contributed by atoms with Gasteiger partial charge in [0.05, 0.1) is 10.3 Å². The van der Waals surface area contributed by atoms with Crippen LogP contribution in [0.4, 0.5) is 0 Å². The summed E-state index contributed by atoms with van der Waals surface area (Å²) in [6, 6.07) is 9.41. The molecule has 2 aromatic heterocycles. The van der Waals surface area contributed by atoms with Gasteiger partial charge in [0.15, 0.2) is 0 Å². The van der Waals surface area contributed by atoms with Crippen LogP contribution in [0.1, 0.15) is 23.4 Å². The molecule has 0 bridgehead atoms. The van der Waals surface area contributed by atoms with Gasteiger partial charge in [0, 0.05) is 29.4 Å². The van der Waals surface area contributed by atoms with E-state index in [2.05, 4.69) is 56.3 Å². The highest BCUT2D eigenvalue weighted by Crippen LogP contribution is 2.23. The Balaban J connectivity index is 1.67. The number of nitrogens with zero attached hydrogens (tertiary/aromatic N) is 1. The minimum atomic E-state index is 0.772. The largest absolute Gasteiger partial charge is 0.345 e. The normalized spacial score (nSPS) is 15.4. The molecule has 0 atom stereocenters. The number of thiophene rings is 1. The van der Waals surface area contributed by atoms with Gasteiger partial charge in [-0.2, -0.15) is 0 Å². The van der Waals surface area contributed by atoms with Gasteiger partial charge in [-0.25, -0.2) is 0 Å². The standard InChI is InChI=1S/C13H15BrN2S/c14-13-6-5-12(17-13)9-16-7-1-2-11(16)8-15-10-3-4-10/h1-2,5-7,10,15H,3-4,8-9H2. The van der Waals surface area contributed by atoms with Crippen molar-refractivity contribution >= 4 is 27.3 Å². The highest BCUT2D eigenvalue weighted by atomic mass is 79.9. The molecular weight excluding hydrogens is 296 g/mol. The first-order valence-corrected chi connectivity index (χ1v) is 7.54. The van der Waals surface area contributed by atoms with E-state index in [9.17, 15) is 0 Å². The Kier molecular flexibility index (Phi) is 3.36. The predicted octanol–water partition coefficient (Wildman–Crippen LogP) is 3.61. The average molecular weight is 311 g/mol. The smallest absolute Gasteiger partial charge is 0.0702 e. The Bertz CT molecular complexity index is 499. The summed E-state index contributed by atoms with van der Waals surface area (Å²) in [6.45, 7) is 1.97. The van der Waals surface area contributed by atoms with Crippen molar-refractivity contribution in [2.75, 3.05) is 0 Å². The maximum Gasteiger partial charge on any atom is 0.0702 e. The van der Waals surface area contributed by atoms with Crippen LogP contribution in [-0.4, -0.2) is 10.6 Å². The Labute approximate surface area is 114 Å². The Morgan fingerprint density at radius 2 is 2.24 bits per heavy atom. The SMILES string of the molecule is Brc1ccc(Cn2cccc2CNC2CC2)s1. The van der Waals surface area contributed by atoms with Crippen LogP contribution in [0.5, 0.6) is 0 Å². The fourth-order valence-electron chi connectivity index (χ4n) is 1.91. The highest BCUT2D eigenvalue weighted by Gasteiger charge is 2.20. The first-order valence-electron chi connectivity index (χ1n) is 5.93. The van der Waals surface area contributed by atoms with E-state index in [-0.39, 0.29) is 0 Å². The maximum atomic E-state index is 3.56. The molecule has 2 aromatic rings. The van der Waals surface area contributed by atoms with Crippen molar-refractivity contribution in [3.8, 4) is 0 Å². The third kappa shape index (κ3) is 3.00. The quantitative estimate of drug-likeness (QED) is 0.892. The summed E-state index contributed by atoms with van der Waals surface area (Å²) in [4.78, 5) is 1.39. The lowest BCUT2D eigenvalue weighted by molar-refractivity contribution is 0.636. The summed E-state index contributed by atoms with van der Waals surface area (Å²) in [7, 11) is 0. The van der Waals surface area contributed by atoms with Gasteiger partial charge in [-0.3, -0.25) is 0 Å². The van der Waals surface area contributed by atoms with Crippen molar-refractivity contribution in [1.82, 2.24) is 9.88 Å². The predicted molar refractivity (Wildman–Crippen MR) is 75.4 cm³/mol. The molecule has 0 aliphatic heterocycles. The molecule has 0 unspecified atom stereocenters. The van der Waals surface area contributed by atoms with Crippen LogP contribution in [0.25, 0.3) is 0 Å². The molecule has 0 spiro atoms. The molecule has 1 saturated carbocycles. The average Bonchev–Trinajstić information content (AvgIpc) is 2.90. The molecule has 1 aliphatic rings. The van der Waals surface area contributed by atoms with Gasteiger partial charge in [-0.05, 0) is 53.0 Å². The zero-order valence-electron chi connectivity index (χ0n) is 9.53. The Morgan fingerprint density at radius 1 is 1.35 bits per heavy atom. The van der Waals surface area contributed by atoms with Gasteiger partial charge >= 0.3 is 0 Å². The van der Waals surface area contributed by atoms with Crippen LogP contribution in [0, 0.1) is 0 Å². The summed E-state index contributed by atoms with van der Waals surface area (Å²) in [5, 5.41) is 3.56. The lowest BCUT2D eigenvalue weighted by Crippen LogP contribution is -2.18. The summed E-state index contributed by atoms with van der Waals surface area (Å²) in [5.74, 6) is 0. The molecule has 17 heavy (non-hydrogen) atoms. The van der Waals surface area contributed by atoms with Crippen molar-refractivity contribution in [1.29, 1.82) is 0 Å². The van der Waals surface area contributed by atoms with Gasteiger partial charge in [-0.1, -0.05) is 0 Å². The zero-order chi connectivity index (χ0) is 11.7. The second kappa shape index (κ2) is 4.96. The van der Waals surface area contributed by atoms with E-state index in [0.29, 0.717) is 0 Å². The molecule has 3 rings (SSSR count). The lowest BCUT2D eigenvalue weighted by atomic mass is 10.4. The Hall–Kier alpha value is -0.580. The molecule has 4 heteroatoms. The van der Waals surface area contributed by atoms with Crippen LogP contribution in [0.2, 0.25) is 0 Å². The van der Waals surface area contributed by atoms with Crippen molar-refractivity contribution in [3.05, 3.63) is 44.8 Å². The summed E-state index contributed by atoms with van der Waals surface area (Å²) < 4.78 is 3.53. The van der Waals surface area contributed by atoms with E-state index >= 15 is 0 Å². The number of rotatable bonds is 5. The number of halogens is 1. The van der Waals surface area contributed by atoms with Crippen molar-refractivity contribution in [3.63, 3.8) is 0 Å². The molecule has 2 heterocycles. The first-order chi connectivity index (χ1) is 8.31. The monoisotopic (exact) mass is 310 g/mol. The number of aromatic nitrogens is 1. The van der Waals surface area contributed by atoms with E-state index in [1.807, 2.05) is 0 Å². The van der Waals surface area contributed by atoms with Crippen LogP contribution >= 0.6 is 27.3 Å². The number of hydrogen-bond acceptors (Lipinski definition) is 2. The van der Waals surface area contributed by atoms with Crippen molar-refractivity contribution in [2.45, 2.75) is 32.0 Å². The first kappa shape index (κ1) is 11.5. The third-order valence-corrected chi connectivity index (χ3v) is 4.64. The number of hydrogen-bond donors (Lipinski definition) is 1. The van der Waals surface area contributed by atoms with Gasteiger partial charge < -0.3 is 9.88 Å². The van der Waals surface area contributed by atoms with E-state index in [1.165, 1.54) is 27.2 Å². The van der Waals surface area contributed by atoms with E-state index in [1.54, 1.807) is 11.3 Å². The van der Waals surface area contributed by atoms with Crippen molar-refractivity contribution in [2.24, 2.45) is 0 Å². The Morgan fingerprint density at radius 3 is 2.94 bits per heavy atom. The van der Waals surface area contributed by atoms with Crippen molar-refractivity contribution < 1.29 is 0 Å². The molecule has 0 amide bonds. The molecule has 1 aliphatic carbocycles. The van der Waals surface area contributed by atoms with Gasteiger partial charge in [0.25, 0.3) is 0 Å². The molecule has 1 N–H and O–H groups in total. The van der Waals surface area contributed by atoms with E-state index in [4.69, 9.17) is 0 Å². The number of nitrogens with one attached hydrogen (secondary N) is 1. The maximum absolute atomic E-state index is 3.56. The minimum Gasteiger partial charge on any atom is -0.345 e. The molecule has 2 nitrogen and oxygen atoms in total. The summed E-state index contributed by atoms with van der Waals surface area (Å²) >= 11 is 5.32. The second-order valence-electron chi connectivity index (χ2n) is 4.49. The highest BCUT2D eigenvalue weighted by molar-refractivity contribution is 9.11. The molecule has 90 valence electrons. The minimum absolute atomic E-state index is 0.772. The molecule has 0 aromatic carbocycles. The third-order valence-electron chi connectivity index (χ3n) is 3.03. The van der Waals surface area contributed by atoms with Gasteiger partial charge in [0.2, 0.25) is 0 Å². The van der Waals surface area contributed by atoms with Crippen LogP contribution in [0.3, 0.4) is 0 Å². The van der Waals surface area contributed by atoms with Crippen LogP contribution in [-0.2, 0) is 13.1 Å². The zero-order valence-corrected chi connectivity index (χ0v) is 11.9. The van der Waals surface area contributed by atoms with Gasteiger partial charge in [-0.15, -0.1) is 11.3 Å². The topological polar surface area (TPSA) is 17.0 Å². The summed E-state index contributed by atoms with van der Waals surface area (Å²) in [5.41, 5.74) is 1.38.